The van der Waals surface area contributed by atoms with E-state index in [0.29, 0.717) is 5.92 Å². The van der Waals surface area contributed by atoms with Gasteiger partial charge in [-0.25, -0.2) is 0 Å². The minimum atomic E-state index is -0.755. The third kappa shape index (κ3) is 2.80. The zero-order valence-electron chi connectivity index (χ0n) is 12.5. The molecule has 0 aromatic heterocycles. The largest absolute Gasteiger partial charge is 0.388 e. The fourth-order valence-corrected chi connectivity index (χ4v) is 4.11. The Kier molecular flexibility index (Phi) is 4.53. The molecule has 1 saturated heterocycles. The van der Waals surface area contributed by atoms with Gasteiger partial charge in [0.25, 0.3) is 0 Å². The third-order valence-electron chi connectivity index (χ3n) is 5.31. The molecule has 1 heterocycles. The number of hydrogen-bond acceptors (Lipinski definition) is 3. The van der Waals surface area contributed by atoms with Crippen molar-refractivity contribution in [2.45, 2.75) is 64.4 Å². The zero-order chi connectivity index (χ0) is 13.9. The Morgan fingerprint density at radius 1 is 1.32 bits per heavy atom. The number of nitrogens with zero attached hydrogens (tertiary/aromatic N) is 2. The first kappa shape index (κ1) is 14.8. The van der Waals surface area contributed by atoms with Crippen LogP contribution in [0.25, 0.3) is 0 Å². The summed E-state index contributed by atoms with van der Waals surface area (Å²) in [5.74, 6) is 0.582. The standard InChI is InChI=1S/C16H28N2O/c1-3-9-18-10-4-6-16(19,8-11-18)15(13-17)7-5-14(2)12-15/h14,19H,3-12H2,1-2H3. The molecule has 1 aliphatic heterocycles. The molecule has 1 aliphatic carbocycles. The molecule has 1 saturated carbocycles. The average Bonchev–Trinajstić information content (AvgIpc) is 2.69. The summed E-state index contributed by atoms with van der Waals surface area (Å²) < 4.78 is 0. The third-order valence-corrected chi connectivity index (χ3v) is 5.31. The van der Waals surface area contributed by atoms with Crippen molar-refractivity contribution in [2.24, 2.45) is 11.3 Å². The summed E-state index contributed by atoms with van der Waals surface area (Å²) in [7, 11) is 0. The van der Waals surface area contributed by atoms with Crippen LogP contribution in [0.15, 0.2) is 0 Å². The van der Waals surface area contributed by atoms with Crippen LogP contribution in [0.3, 0.4) is 0 Å². The van der Waals surface area contributed by atoms with Crippen LogP contribution in [0.5, 0.6) is 0 Å². The first-order valence-corrected chi connectivity index (χ1v) is 7.91. The highest BCUT2D eigenvalue weighted by Crippen LogP contribution is 2.52. The van der Waals surface area contributed by atoms with Gasteiger partial charge in [0.2, 0.25) is 0 Å². The van der Waals surface area contributed by atoms with Crippen LogP contribution in [-0.2, 0) is 0 Å². The van der Waals surface area contributed by atoms with E-state index in [9.17, 15) is 10.4 Å². The van der Waals surface area contributed by atoms with Crippen LogP contribution >= 0.6 is 0 Å². The maximum Gasteiger partial charge on any atom is 0.0863 e. The van der Waals surface area contributed by atoms with Gasteiger partial charge < -0.3 is 10.0 Å². The minimum absolute atomic E-state index is 0.478. The predicted molar refractivity (Wildman–Crippen MR) is 76.6 cm³/mol. The molecule has 0 radical (unpaired) electrons. The molecule has 1 N–H and O–H groups in total. The molecule has 0 aromatic carbocycles. The highest BCUT2D eigenvalue weighted by molar-refractivity contribution is 5.15. The fraction of sp³-hybridized carbons (Fsp3) is 0.938. The lowest BCUT2D eigenvalue weighted by atomic mass is 9.67. The van der Waals surface area contributed by atoms with E-state index in [-0.39, 0.29) is 0 Å². The van der Waals surface area contributed by atoms with Crippen molar-refractivity contribution < 1.29 is 5.11 Å². The van der Waals surface area contributed by atoms with Crippen LogP contribution in [0.4, 0.5) is 0 Å². The molecule has 3 heteroatoms. The van der Waals surface area contributed by atoms with E-state index < -0.39 is 11.0 Å². The Bertz CT molecular complexity index is 351. The van der Waals surface area contributed by atoms with Crippen molar-refractivity contribution in [1.29, 1.82) is 5.26 Å². The summed E-state index contributed by atoms with van der Waals surface area (Å²) in [6, 6.07) is 2.52. The number of rotatable bonds is 3. The van der Waals surface area contributed by atoms with Gasteiger partial charge in [-0.05, 0) is 64.0 Å². The molecule has 0 amide bonds. The van der Waals surface area contributed by atoms with Gasteiger partial charge in [0, 0.05) is 6.54 Å². The van der Waals surface area contributed by atoms with E-state index in [2.05, 4.69) is 24.8 Å². The van der Waals surface area contributed by atoms with Crippen LogP contribution in [-0.4, -0.2) is 35.2 Å². The summed E-state index contributed by atoms with van der Waals surface area (Å²) in [5, 5.41) is 20.8. The van der Waals surface area contributed by atoms with E-state index in [1.807, 2.05) is 0 Å². The number of hydrogen-bond donors (Lipinski definition) is 1. The molecule has 2 rings (SSSR count). The monoisotopic (exact) mass is 264 g/mol. The zero-order valence-corrected chi connectivity index (χ0v) is 12.5. The first-order valence-electron chi connectivity index (χ1n) is 7.91. The maximum absolute atomic E-state index is 11.2. The van der Waals surface area contributed by atoms with E-state index in [1.165, 1.54) is 6.42 Å². The number of nitriles is 1. The highest BCUT2D eigenvalue weighted by Gasteiger charge is 2.53. The van der Waals surface area contributed by atoms with Gasteiger partial charge in [0.15, 0.2) is 0 Å². The van der Waals surface area contributed by atoms with Crippen LogP contribution in [0.1, 0.15) is 58.8 Å². The molecule has 0 spiro atoms. The van der Waals surface area contributed by atoms with Crippen molar-refractivity contribution in [3.05, 3.63) is 0 Å². The molecule has 3 unspecified atom stereocenters. The smallest absolute Gasteiger partial charge is 0.0863 e. The quantitative estimate of drug-likeness (QED) is 0.852. The second kappa shape index (κ2) is 5.81. The van der Waals surface area contributed by atoms with Crippen molar-refractivity contribution in [3.8, 4) is 6.07 Å². The highest BCUT2D eigenvalue weighted by atomic mass is 16.3. The van der Waals surface area contributed by atoms with Gasteiger partial charge in [0.1, 0.15) is 0 Å². The molecule has 0 aromatic rings. The van der Waals surface area contributed by atoms with Crippen molar-refractivity contribution in [2.75, 3.05) is 19.6 Å². The lowest BCUT2D eigenvalue weighted by Gasteiger charge is -2.40. The molecular weight excluding hydrogens is 236 g/mol. The Balaban J connectivity index is 2.11. The molecule has 3 nitrogen and oxygen atoms in total. The summed E-state index contributed by atoms with van der Waals surface area (Å²) >= 11 is 0. The fourth-order valence-electron chi connectivity index (χ4n) is 4.11. The Morgan fingerprint density at radius 3 is 2.68 bits per heavy atom. The van der Waals surface area contributed by atoms with E-state index in [4.69, 9.17) is 0 Å². The van der Waals surface area contributed by atoms with Gasteiger partial charge in [-0.1, -0.05) is 13.8 Å². The molecule has 19 heavy (non-hydrogen) atoms. The predicted octanol–water partition coefficient (Wildman–Crippen LogP) is 2.94. The summed E-state index contributed by atoms with van der Waals surface area (Å²) in [6.45, 7) is 7.55. The van der Waals surface area contributed by atoms with Gasteiger partial charge in [0.05, 0.1) is 17.1 Å². The minimum Gasteiger partial charge on any atom is -0.388 e. The molecule has 0 bridgehead atoms. The van der Waals surface area contributed by atoms with Crippen LogP contribution < -0.4 is 0 Å². The van der Waals surface area contributed by atoms with Crippen LogP contribution in [0.2, 0.25) is 0 Å². The summed E-state index contributed by atoms with van der Waals surface area (Å²) in [6.07, 6.45) is 6.62. The molecule has 2 aliphatic rings. The van der Waals surface area contributed by atoms with E-state index in [0.717, 1.165) is 58.2 Å². The summed E-state index contributed by atoms with van der Waals surface area (Å²) in [4.78, 5) is 2.45. The lowest BCUT2D eigenvalue weighted by Crippen LogP contribution is -2.47. The Morgan fingerprint density at radius 2 is 2.11 bits per heavy atom. The number of aliphatic hydroxyl groups is 1. The average molecular weight is 264 g/mol. The van der Waals surface area contributed by atoms with Gasteiger partial charge >= 0.3 is 0 Å². The molecular formula is C16H28N2O. The topological polar surface area (TPSA) is 47.3 Å². The van der Waals surface area contributed by atoms with Crippen molar-refractivity contribution in [3.63, 3.8) is 0 Å². The Labute approximate surface area is 117 Å². The molecule has 2 fully saturated rings. The second-order valence-electron chi connectivity index (χ2n) is 6.77. The summed E-state index contributed by atoms with van der Waals surface area (Å²) in [5.41, 5.74) is -1.23. The normalized spacial score (nSPS) is 40.8. The van der Waals surface area contributed by atoms with Crippen molar-refractivity contribution in [1.82, 2.24) is 4.90 Å². The van der Waals surface area contributed by atoms with E-state index in [1.54, 1.807) is 0 Å². The van der Waals surface area contributed by atoms with Gasteiger partial charge in [-0.3, -0.25) is 0 Å². The molecule has 3 atom stereocenters. The van der Waals surface area contributed by atoms with E-state index >= 15 is 0 Å². The lowest BCUT2D eigenvalue weighted by molar-refractivity contribution is -0.0654. The van der Waals surface area contributed by atoms with Crippen molar-refractivity contribution >= 4 is 0 Å². The maximum atomic E-state index is 11.2. The molecule has 108 valence electrons. The van der Waals surface area contributed by atoms with Crippen LogP contribution in [0, 0.1) is 22.7 Å². The SMILES string of the molecule is CCCN1CCCC(O)(C2(C#N)CCC(C)C2)CC1. The van der Waals surface area contributed by atoms with Gasteiger partial charge in [-0.15, -0.1) is 0 Å². The number of likely N-dealkylation sites (tertiary alicyclic amines) is 1. The second-order valence-corrected chi connectivity index (χ2v) is 6.77. The van der Waals surface area contributed by atoms with Gasteiger partial charge in [-0.2, -0.15) is 5.26 Å². The first-order chi connectivity index (χ1) is 9.05. The Hall–Kier alpha value is -0.590.